The number of benzene rings is 3. The van der Waals surface area contributed by atoms with E-state index in [4.69, 9.17) is 23.9 Å². The third-order valence-electron chi connectivity index (χ3n) is 6.71. The number of hydrogen-bond acceptors (Lipinski definition) is 8. The summed E-state index contributed by atoms with van der Waals surface area (Å²) in [6.45, 7) is 1.78. The monoisotopic (exact) mass is 571 g/mol. The zero-order chi connectivity index (χ0) is 29.1. The second kappa shape index (κ2) is 11.7. The van der Waals surface area contributed by atoms with Gasteiger partial charge in [0.1, 0.15) is 5.75 Å². The number of fused-ring (bicyclic) bond motifs is 1. The topological polar surface area (TPSA) is 100 Å². The summed E-state index contributed by atoms with van der Waals surface area (Å²) in [6.07, 6.45) is 1.75. The van der Waals surface area contributed by atoms with E-state index in [0.29, 0.717) is 54.9 Å². The fraction of sp³-hybridized carbons (Fsp3) is 0.194. The Hall–Kier alpha value is -4.83. The fourth-order valence-corrected chi connectivity index (χ4v) is 5.82. The molecule has 210 valence electrons. The first-order valence-corrected chi connectivity index (χ1v) is 13.5. The van der Waals surface area contributed by atoms with Crippen LogP contribution in [0, 0.1) is 0 Å². The summed E-state index contributed by atoms with van der Waals surface area (Å²) < 4.78 is 23.7. The lowest BCUT2D eigenvalue weighted by Gasteiger charge is -2.25. The van der Waals surface area contributed by atoms with E-state index >= 15 is 0 Å². The molecular formula is C31H29N3O6S. The molecule has 1 unspecified atom stereocenters. The summed E-state index contributed by atoms with van der Waals surface area (Å²) in [5.41, 5.74) is 2.71. The molecule has 1 amide bonds. The molecule has 1 aromatic heterocycles. The van der Waals surface area contributed by atoms with Crippen LogP contribution in [0.5, 0.6) is 23.0 Å². The minimum Gasteiger partial charge on any atom is -0.497 e. The SMILES string of the molecule is COc1ccc(C2C(C(=O)Nc3ccccc3)=C(C)N=c3sc(=Cc4cc(OC)c(OC)c(OC)c4)c(=O)n32)cc1. The second-order valence-corrected chi connectivity index (χ2v) is 10.1. The lowest BCUT2D eigenvalue weighted by atomic mass is 9.95. The van der Waals surface area contributed by atoms with Crippen molar-refractivity contribution in [3.05, 3.63) is 109 Å². The maximum atomic E-state index is 14.0. The van der Waals surface area contributed by atoms with E-state index < -0.39 is 6.04 Å². The lowest BCUT2D eigenvalue weighted by molar-refractivity contribution is -0.113. The van der Waals surface area contributed by atoms with E-state index in [1.54, 1.807) is 36.8 Å². The van der Waals surface area contributed by atoms with Crippen molar-refractivity contribution in [3.63, 3.8) is 0 Å². The number of carbonyl (C=O) groups is 1. The smallest absolute Gasteiger partial charge is 0.271 e. The van der Waals surface area contributed by atoms with E-state index in [1.165, 1.54) is 32.7 Å². The van der Waals surface area contributed by atoms with E-state index in [0.717, 1.165) is 5.56 Å². The number of nitrogens with zero attached hydrogens (tertiary/aromatic N) is 2. The van der Waals surface area contributed by atoms with E-state index in [-0.39, 0.29) is 11.5 Å². The van der Waals surface area contributed by atoms with Gasteiger partial charge in [-0.3, -0.25) is 14.2 Å². The maximum Gasteiger partial charge on any atom is 0.271 e. The number of allylic oxidation sites excluding steroid dienone is 1. The van der Waals surface area contributed by atoms with Crippen LogP contribution in [-0.2, 0) is 4.79 Å². The molecule has 0 fully saturated rings. The van der Waals surface area contributed by atoms with Gasteiger partial charge in [-0.15, -0.1) is 0 Å². The average molecular weight is 572 g/mol. The van der Waals surface area contributed by atoms with Crippen LogP contribution in [-0.4, -0.2) is 38.9 Å². The highest BCUT2D eigenvalue weighted by Crippen LogP contribution is 2.38. The molecule has 0 saturated heterocycles. The normalized spacial score (nSPS) is 14.7. The Morgan fingerprint density at radius 1 is 0.927 bits per heavy atom. The number of methoxy groups -OCH3 is 4. The minimum atomic E-state index is -0.706. The quantitative estimate of drug-likeness (QED) is 0.344. The summed E-state index contributed by atoms with van der Waals surface area (Å²) in [6, 6.07) is 19.3. The molecule has 0 aliphatic carbocycles. The van der Waals surface area contributed by atoms with Crippen LogP contribution < -0.4 is 39.2 Å². The van der Waals surface area contributed by atoms with Gasteiger partial charge < -0.3 is 24.3 Å². The van der Waals surface area contributed by atoms with Crippen molar-refractivity contribution in [2.45, 2.75) is 13.0 Å². The van der Waals surface area contributed by atoms with Gasteiger partial charge in [-0.05, 0) is 60.5 Å². The third kappa shape index (κ3) is 5.33. The largest absolute Gasteiger partial charge is 0.497 e. The van der Waals surface area contributed by atoms with Crippen molar-refractivity contribution in [1.29, 1.82) is 0 Å². The fourth-order valence-electron chi connectivity index (χ4n) is 4.77. The van der Waals surface area contributed by atoms with Gasteiger partial charge in [-0.2, -0.15) is 0 Å². The van der Waals surface area contributed by atoms with Crippen LogP contribution in [0.2, 0.25) is 0 Å². The van der Waals surface area contributed by atoms with Gasteiger partial charge in [-0.1, -0.05) is 41.7 Å². The molecule has 9 nitrogen and oxygen atoms in total. The summed E-state index contributed by atoms with van der Waals surface area (Å²) in [7, 11) is 6.19. The van der Waals surface area contributed by atoms with E-state index in [1.807, 2.05) is 54.6 Å². The van der Waals surface area contributed by atoms with Gasteiger partial charge >= 0.3 is 0 Å². The first-order chi connectivity index (χ1) is 19.9. The number of carbonyl (C=O) groups excluding carboxylic acids is 1. The number of hydrogen-bond donors (Lipinski definition) is 1. The van der Waals surface area contributed by atoms with Crippen LogP contribution in [0.1, 0.15) is 24.1 Å². The minimum absolute atomic E-state index is 0.277. The molecule has 41 heavy (non-hydrogen) atoms. The molecule has 1 aliphatic rings. The number of thiazole rings is 1. The highest BCUT2D eigenvalue weighted by Gasteiger charge is 2.32. The molecule has 2 heterocycles. The highest BCUT2D eigenvalue weighted by molar-refractivity contribution is 7.07. The van der Waals surface area contributed by atoms with Crippen molar-refractivity contribution in [3.8, 4) is 23.0 Å². The molecule has 1 atom stereocenters. The van der Waals surface area contributed by atoms with Crippen molar-refractivity contribution in [2.75, 3.05) is 33.8 Å². The summed E-state index contributed by atoms with van der Waals surface area (Å²) in [5, 5.41) is 2.96. The Bertz CT molecular complexity index is 1780. The first kappa shape index (κ1) is 27.7. The second-order valence-electron chi connectivity index (χ2n) is 9.13. The molecular weight excluding hydrogens is 542 g/mol. The molecule has 0 spiro atoms. The molecule has 0 radical (unpaired) electrons. The highest BCUT2D eigenvalue weighted by atomic mass is 32.1. The number of rotatable bonds is 8. The Balaban J connectivity index is 1.68. The van der Waals surface area contributed by atoms with Crippen molar-refractivity contribution in [2.24, 2.45) is 4.99 Å². The van der Waals surface area contributed by atoms with Crippen LogP contribution in [0.3, 0.4) is 0 Å². The standard InChI is InChI=1S/C31H29N3O6S/c1-18-26(29(35)33-21-9-7-6-8-10-21)27(20-11-13-22(37-2)14-12-20)34-30(36)25(41-31(34)32-18)17-19-15-23(38-3)28(40-5)24(16-19)39-4/h6-17,27H,1-5H3,(H,33,35). The van der Waals surface area contributed by atoms with Gasteiger partial charge in [0.25, 0.3) is 11.5 Å². The van der Waals surface area contributed by atoms with Crippen LogP contribution >= 0.6 is 11.3 Å². The lowest BCUT2D eigenvalue weighted by Crippen LogP contribution is -2.40. The number of aromatic nitrogens is 1. The number of anilines is 1. The number of amides is 1. The van der Waals surface area contributed by atoms with Crippen molar-refractivity contribution >= 4 is 29.0 Å². The zero-order valence-electron chi connectivity index (χ0n) is 23.3. The molecule has 1 aliphatic heterocycles. The summed E-state index contributed by atoms with van der Waals surface area (Å²) in [4.78, 5) is 32.9. The average Bonchev–Trinajstić information content (AvgIpc) is 3.29. The van der Waals surface area contributed by atoms with Crippen molar-refractivity contribution < 1.29 is 23.7 Å². The number of ether oxygens (including phenoxy) is 4. The molecule has 10 heteroatoms. The molecule has 1 N–H and O–H groups in total. The summed E-state index contributed by atoms with van der Waals surface area (Å²) in [5.74, 6) is 1.73. The van der Waals surface area contributed by atoms with Gasteiger partial charge in [0.2, 0.25) is 5.75 Å². The van der Waals surface area contributed by atoms with Crippen molar-refractivity contribution in [1.82, 2.24) is 4.57 Å². The molecule has 0 bridgehead atoms. The predicted molar refractivity (Wildman–Crippen MR) is 158 cm³/mol. The summed E-state index contributed by atoms with van der Waals surface area (Å²) >= 11 is 1.25. The molecule has 5 rings (SSSR count). The molecule has 3 aromatic carbocycles. The van der Waals surface area contributed by atoms with Crippen LogP contribution in [0.25, 0.3) is 6.08 Å². The van der Waals surface area contributed by atoms with Gasteiger partial charge in [-0.25, -0.2) is 4.99 Å². The van der Waals surface area contributed by atoms with Gasteiger partial charge in [0.15, 0.2) is 16.3 Å². The Kier molecular flexibility index (Phi) is 7.93. The third-order valence-corrected chi connectivity index (χ3v) is 7.70. The molecule has 4 aromatic rings. The van der Waals surface area contributed by atoms with E-state index in [2.05, 4.69) is 5.32 Å². The molecule has 0 saturated carbocycles. The van der Waals surface area contributed by atoms with E-state index in [9.17, 15) is 9.59 Å². The number of para-hydroxylation sites is 1. The Morgan fingerprint density at radius 2 is 1.59 bits per heavy atom. The van der Waals surface area contributed by atoms with Crippen LogP contribution in [0.15, 0.2) is 87.8 Å². The predicted octanol–water partition coefficient (Wildman–Crippen LogP) is 3.91. The zero-order valence-corrected chi connectivity index (χ0v) is 24.1. The number of nitrogens with one attached hydrogen (secondary N) is 1. The maximum absolute atomic E-state index is 14.0. The van der Waals surface area contributed by atoms with Gasteiger partial charge in [0, 0.05) is 5.69 Å². The Labute approximate surface area is 240 Å². The first-order valence-electron chi connectivity index (χ1n) is 12.7. The van der Waals surface area contributed by atoms with Crippen LogP contribution in [0.4, 0.5) is 5.69 Å². The Morgan fingerprint density at radius 3 is 2.17 bits per heavy atom. The van der Waals surface area contributed by atoms with Gasteiger partial charge in [0.05, 0.1) is 50.3 Å².